The van der Waals surface area contributed by atoms with Gasteiger partial charge in [0.1, 0.15) is 5.75 Å². The first-order valence-electron chi connectivity index (χ1n) is 7.16. The van der Waals surface area contributed by atoms with Crippen LogP contribution in [0, 0.1) is 0 Å². The highest BCUT2D eigenvalue weighted by molar-refractivity contribution is 5.96. The second kappa shape index (κ2) is 7.13. The number of nitrogens with zero attached hydrogens (tertiary/aromatic N) is 1. The van der Waals surface area contributed by atoms with Crippen molar-refractivity contribution in [3.05, 3.63) is 24.3 Å². The average molecular weight is 307 g/mol. The number of nitrogens with one attached hydrogen (secondary N) is 2. The van der Waals surface area contributed by atoms with Gasteiger partial charge in [0, 0.05) is 25.2 Å². The van der Waals surface area contributed by atoms with E-state index in [0.29, 0.717) is 6.54 Å². The molecule has 0 radical (unpaired) electrons. The van der Waals surface area contributed by atoms with Gasteiger partial charge in [-0.05, 0) is 31.2 Å². The molecule has 1 aliphatic heterocycles. The van der Waals surface area contributed by atoms with Crippen LogP contribution in [0.25, 0.3) is 0 Å². The van der Waals surface area contributed by atoms with E-state index in [2.05, 4.69) is 10.6 Å². The summed E-state index contributed by atoms with van der Waals surface area (Å²) >= 11 is 0. The molecule has 1 saturated heterocycles. The maximum atomic E-state index is 12.1. The van der Waals surface area contributed by atoms with Crippen LogP contribution in [0.4, 0.5) is 10.5 Å². The highest BCUT2D eigenvalue weighted by Gasteiger charge is 2.31. The Bertz CT molecular complexity index is 530. The number of benzene rings is 1. The molecule has 0 spiro atoms. The minimum Gasteiger partial charge on any atom is -0.497 e. The van der Waals surface area contributed by atoms with Gasteiger partial charge in [0.2, 0.25) is 5.91 Å². The second-order valence-corrected chi connectivity index (χ2v) is 5.31. The van der Waals surface area contributed by atoms with Crippen LogP contribution in [0.3, 0.4) is 0 Å². The van der Waals surface area contributed by atoms with Crippen LogP contribution < -0.4 is 20.3 Å². The van der Waals surface area contributed by atoms with Crippen LogP contribution in [0.15, 0.2) is 24.3 Å². The molecule has 0 aromatic heterocycles. The average Bonchev–Trinajstić information content (AvgIpc) is 2.85. The van der Waals surface area contributed by atoms with Gasteiger partial charge < -0.3 is 25.4 Å². The van der Waals surface area contributed by atoms with E-state index in [-0.39, 0.29) is 30.9 Å². The number of aliphatic hydroxyl groups is 1. The molecule has 0 bridgehead atoms. The number of hydrogen-bond acceptors (Lipinski definition) is 4. The molecule has 0 aliphatic carbocycles. The summed E-state index contributed by atoms with van der Waals surface area (Å²) < 4.78 is 5.09. The third-order valence-corrected chi connectivity index (χ3v) is 3.40. The van der Waals surface area contributed by atoms with Crippen LogP contribution in [0.5, 0.6) is 5.75 Å². The monoisotopic (exact) mass is 307 g/mol. The van der Waals surface area contributed by atoms with Gasteiger partial charge in [-0.2, -0.15) is 0 Å². The number of methoxy groups -OCH3 is 1. The molecule has 1 fully saturated rings. The number of amides is 3. The largest absolute Gasteiger partial charge is 0.497 e. The van der Waals surface area contributed by atoms with E-state index < -0.39 is 6.10 Å². The lowest BCUT2D eigenvalue weighted by Gasteiger charge is -2.18. The summed E-state index contributed by atoms with van der Waals surface area (Å²) in [4.78, 5) is 25.4. The molecule has 7 nitrogen and oxygen atoms in total. The van der Waals surface area contributed by atoms with Gasteiger partial charge in [-0.1, -0.05) is 0 Å². The second-order valence-electron chi connectivity index (χ2n) is 5.31. The molecular weight excluding hydrogens is 286 g/mol. The molecule has 22 heavy (non-hydrogen) atoms. The zero-order valence-corrected chi connectivity index (χ0v) is 12.7. The third-order valence-electron chi connectivity index (χ3n) is 3.40. The Kier molecular flexibility index (Phi) is 5.21. The molecule has 120 valence electrons. The van der Waals surface area contributed by atoms with Gasteiger partial charge in [-0.15, -0.1) is 0 Å². The SMILES string of the molecule is COc1ccc(N2C[C@@H](NC(=O)NC[C@@H](C)O)CC2=O)cc1. The number of urea groups is 1. The van der Waals surface area contributed by atoms with Crippen LogP contribution in [-0.4, -0.2) is 49.4 Å². The molecule has 0 unspecified atom stereocenters. The predicted octanol–water partition coefficient (Wildman–Crippen LogP) is 0.480. The molecule has 2 atom stereocenters. The van der Waals surface area contributed by atoms with E-state index in [1.165, 1.54) is 0 Å². The normalized spacial score (nSPS) is 19.0. The molecule has 1 aromatic rings. The quantitative estimate of drug-likeness (QED) is 0.738. The number of carbonyl (C=O) groups is 2. The molecule has 0 saturated carbocycles. The van der Waals surface area contributed by atoms with Crippen molar-refractivity contribution in [1.82, 2.24) is 10.6 Å². The zero-order valence-electron chi connectivity index (χ0n) is 12.7. The lowest BCUT2D eigenvalue weighted by molar-refractivity contribution is -0.117. The Morgan fingerprint density at radius 1 is 1.45 bits per heavy atom. The molecule has 2 rings (SSSR count). The fraction of sp³-hybridized carbons (Fsp3) is 0.467. The first-order chi connectivity index (χ1) is 10.5. The maximum Gasteiger partial charge on any atom is 0.315 e. The summed E-state index contributed by atoms with van der Waals surface area (Å²) in [6.07, 6.45) is -0.347. The van der Waals surface area contributed by atoms with Gasteiger partial charge in [-0.3, -0.25) is 4.79 Å². The maximum absolute atomic E-state index is 12.1. The zero-order chi connectivity index (χ0) is 16.1. The number of aliphatic hydroxyl groups excluding tert-OH is 1. The molecule has 7 heteroatoms. The van der Waals surface area contributed by atoms with Crippen molar-refractivity contribution < 1.29 is 19.4 Å². The summed E-state index contributed by atoms with van der Waals surface area (Å²) in [5.74, 6) is 0.688. The Balaban J connectivity index is 1.91. The summed E-state index contributed by atoms with van der Waals surface area (Å²) in [6, 6.07) is 6.58. The fourth-order valence-corrected chi connectivity index (χ4v) is 2.29. The number of anilines is 1. The molecule has 3 amide bonds. The first-order valence-corrected chi connectivity index (χ1v) is 7.16. The van der Waals surface area contributed by atoms with Gasteiger partial charge in [-0.25, -0.2) is 4.79 Å². The minimum absolute atomic E-state index is 0.0361. The number of rotatable bonds is 5. The van der Waals surface area contributed by atoms with Crippen molar-refractivity contribution in [3.63, 3.8) is 0 Å². The number of hydrogen-bond donors (Lipinski definition) is 3. The summed E-state index contributed by atoms with van der Waals surface area (Å²) in [7, 11) is 1.59. The van der Waals surface area contributed by atoms with E-state index in [4.69, 9.17) is 9.84 Å². The van der Waals surface area contributed by atoms with Crippen molar-refractivity contribution in [2.75, 3.05) is 25.1 Å². The fourth-order valence-electron chi connectivity index (χ4n) is 2.29. The van der Waals surface area contributed by atoms with E-state index >= 15 is 0 Å². The van der Waals surface area contributed by atoms with Gasteiger partial charge in [0.05, 0.1) is 19.3 Å². The minimum atomic E-state index is -0.605. The van der Waals surface area contributed by atoms with Crippen molar-refractivity contribution in [3.8, 4) is 5.75 Å². The Morgan fingerprint density at radius 3 is 2.73 bits per heavy atom. The highest BCUT2D eigenvalue weighted by atomic mass is 16.5. The summed E-state index contributed by atoms with van der Waals surface area (Å²) in [6.45, 7) is 2.19. The van der Waals surface area contributed by atoms with Crippen LogP contribution >= 0.6 is 0 Å². The van der Waals surface area contributed by atoms with E-state index in [1.807, 2.05) is 12.1 Å². The van der Waals surface area contributed by atoms with Crippen LogP contribution in [0.1, 0.15) is 13.3 Å². The molecular formula is C15H21N3O4. The molecule has 1 aromatic carbocycles. The number of ether oxygens (including phenoxy) is 1. The first kappa shape index (κ1) is 16.1. The van der Waals surface area contributed by atoms with Crippen molar-refractivity contribution in [2.45, 2.75) is 25.5 Å². The van der Waals surface area contributed by atoms with E-state index in [0.717, 1.165) is 11.4 Å². The van der Waals surface area contributed by atoms with Gasteiger partial charge in [0.15, 0.2) is 0 Å². The molecule has 1 aliphatic rings. The summed E-state index contributed by atoms with van der Waals surface area (Å²) in [5, 5.41) is 14.4. The highest BCUT2D eigenvalue weighted by Crippen LogP contribution is 2.24. The Morgan fingerprint density at radius 2 is 2.14 bits per heavy atom. The summed E-state index contributed by atoms with van der Waals surface area (Å²) in [5.41, 5.74) is 0.777. The molecule has 1 heterocycles. The van der Waals surface area contributed by atoms with Crippen molar-refractivity contribution in [2.24, 2.45) is 0 Å². The van der Waals surface area contributed by atoms with E-state index in [1.54, 1.807) is 31.1 Å². The van der Waals surface area contributed by atoms with Crippen molar-refractivity contribution in [1.29, 1.82) is 0 Å². The van der Waals surface area contributed by atoms with Crippen molar-refractivity contribution >= 4 is 17.6 Å². The van der Waals surface area contributed by atoms with Gasteiger partial charge in [0.25, 0.3) is 0 Å². The molecule has 3 N–H and O–H groups in total. The smallest absolute Gasteiger partial charge is 0.315 e. The third kappa shape index (κ3) is 4.11. The van der Waals surface area contributed by atoms with Gasteiger partial charge >= 0.3 is 6.03 Å². The number of carbonyl (C=O) groups excluding carboxylic acids is 2. The Hall–Kier alpha value is -2.28. The topological polar surface area (TPSA) is 90.9 Å². The standard InChI is InChI=1S/C15H21N3O4/c1-10(19)8-16-15(21)17-11-7-14(20)18(9-11)12-3-5-13(22-2)6-4-12/h3-6,10-11,19H,7-9H2,1-2H3,(H2,16,17,21)/t10-,11+/m1/s1. The predicted molar refractivity (Wildman–Crippen MR) is 82.0 cm³/mol. The van der Waals surface area contributed by atoms with Crippen LogP contribution in [0.2, 0.25) is 0 Å². The lowest BCUT2D eigenvalue weighted by Crippen LogP contribution is -2.45. The van der Waals surface area contributed by atoms with E-state index in [9.17, 15) is 9.59 Å². The lowest BCUT2D eigenvalue weighted by atomic mass is 10.2. The van der Waals surface area contributed by atoms with Crippen LogP contribution in [-0.2, 0) is 4.79 Å². The Labute approximate surface area is 129 Å².